The molecule has 1 rings (SSSR count). The molecule has 0 radical (unpaired) electrons. The highest BCUT2D eigenvalue weighted by Gasteiger charge is 2.35. The van der Waals surface area contributed by atoms with E-state index in [4.69, 9.17) is 27.7 Å². The molecule has 66 heavy (non-hydrogen) atoms. The topological polar surface area (TPSA) is 433 Å². The summed E-state index contributed by atoms with van der Waals surface area (Å²) in [5.41, 5.74) is 17.0. The monoisotopic (exact) mass is 937 g/mol. The number of phenolic OH excluding ortho intramolecular Hbond substituents is 1. The van der Waals surface area contributed by atoms with Crippen LogP contribution in [0.3, 0.4) is 0 Å². The summed E-state index contributed by atoms with van der Waals surface area (Å²) in [6, 6.07) is -3.42. The highest BCUT2D eigenvalue weighted by Crippen LogP contribution is 2.14. The first-order chi connectivity index (χ1) is 31.0. The number of unbranched alkanes of at least 4 members (excludes halogenated alkanes) is 1. The number of hydrogen-bond acceptors (Lipinski definition) is 14. The number of guanidine groups is 1. The van der Waals surface area contributed by atoms with Gasteiger partial charge in [-0.3, -0.25) is 48.6 Å². The summed E-state index contributed by atoms with van der Waals surface area (Å²) in [4.78, 5) is 118. The van der Waals surface area contributed by atoms with Gasteiger partial charge in [0, 0.05) is 13.0 Å². The summed E-state index contributed by atoms with van der Waals surface area (Å²) in [6.07, 6.45) is -2.05. The van der Waals surface area contributed by atoms with Crippen LogP contribution >= 0.6 is 0 Å². The molecule has 0 spiro atoms. The van der Waals surface area contributed by atoms with E-state index in [0.29, 0.717) is 12.0 Å². The fourth-order valence-corrected chi connectivity index (χ4v) is 6.14. The fraction of sp³-hybridized carbons (Fsp3) is 0.610. The molecule has 370 valence electrons. The predicted molar refractivity (Wildman–Crippen MR) is 237 cm³/mol. The lowest BCUT2D eigenvalue weighted by molar-refractivity contribution is -0.142. The van der Waals surface area contributed by atoms with Gasteiger partial charge < -0.3 is 80.2 Å². The maximum absolute atomic E-state index is 14.2. The van der Waals surface area contributed by atoms with E-state index >= 15 is 0 Å². The van der Waals surface area contributed by atoms with Crippen LogP contribution in [-0.4, -0.2) is 148 Å². The average Bonchev–Trinajstić information content (AvgIpc) is 3.24. The van der Waals surface area contributed by atoms with E-state index in [-0.39, 0.29) is 69.2 Å². The smallest absolute Gasteiger partial charge is 0.305 e. The number of carboxylic acids is 1. The van der Waals surface area contributed by atoms with Crippen molar-refractivity contribution in [3.63, 3.8) is 0 Å². The first kappa shape index (κ1) is 57.4. The number of carbonyl (C=O) groups excluding carboxylic acids is 8. The maximum atomic E-state index is 14.2. The van der Waals surface area contributed by atoms with E-state index in [1.54, 1.807) is 0 Å². The van der Waals surface area contributed by atoms with Crippen molar-refractivity contribution in [3.8, 4) is 5.75 Å². The average molecular weight is 937 g/mol. The Kier molecular flexibility index (Phi) is 25.9. The Morgan fingerprint density at radius 1 is 0.667 bits per heavy atom. The zero-order valence-corrected chi connectivity index (χ0v) is 37.7. The van der Waals surface area contributed by atoms with Crippen molar-refractivity contribution < 1.29 is 63.6 Å². The molecule has 0 saturated heterocycles. The number of nitrogens with two attached hydrogens (primary N) is 3. The third-order valence-electron chi connectivity index (χ3n) is 9.81. The largest absolute Gasteiger partial charge is 0.508 e. The molecule has 19 N–H and O–H groups in total. The standard InChI is InChI=1S/C41H68N12O13/c1-21(2)16-28(34(43)60)50-36(62)27(9-7-15-46-41(44)45)49-38(64)29(17-24-10-12-25(56)13-11-24)51-37(63)26(8-5-6-14-42)48-39(65)30(18-32(58)59)52-40(66)33(23(4)55)53-31(57)19-47-35(61)22(3)20-54/h10-13,21-23,26-30,33,54-56H,5-9,14-20,42H2,1-4H3,(H2,43,60)(H,47,61)(H,48,65)(H,49,64)(H,50,62)(H,51,63)(H,52,66)(H,53,57)(H,58,59)(H4,44,45,46)/t22-,23+,26-,27-,28-,29-,30-,33-/m0/s1. The Balaban J connectivity index is 3.51. The molecule has 0 unspecified atom stereocenters. The van der Waals surface area contributed by atoms with Gasteiger partial charge in [0.1, 0.15) is 42.0 Å². The van der Waals surface area contributed by atoms with E-state index in [1.165, 1.54) is 31.2 Å². The van der Waals surface area contributed by atoms with Crippen molar-refractivity contribution in [2.45, 2.75) is 121 Å². The fourth-order valence-electron chi connectivity index (χ4n) is 6.14. The van der Waals surface area contributed by atoms with Gasteiger partial charge in [0.15, 0.2) is 5.96 Å². The van der Waals surface area contributed by atoms with Gasteiger partial charge in [-0.25, -0.2) is 0 Å². The summed E-state index contributed by atoms with van der Waals surface area (Å²) in [5.74, 6) is -10.4. The Labute approximate surface area is 382 Å². The van der Waals surface area contributed by atoms with Gasteiger partial charge in [0.25, 0.3) is 0 Å². The van der Waals surface area contributed by atoms with Crippen LogP contribution in [-0.2, 0) is 49.6 Å². The minimum absolute atomic E-state index is 0.0422. The molecule has 1 aromatic carbocycles. The molecule has 0 bridgehead atoms. The first-order valence-corrected chi connectivity index (χ1v) is 21.4. The quantitative estimate of drug-likeness (QED) is 0.0189. The van der Waals surface area contributed by atoms with Crippen LogP contribution in [0.15, 0.2) is 24.3 Å². The maximum Gasteiger partial charge on any atom is 0.305 e. The summed E-state index contributed by atoms with van der Waals surface area (Å²) < 4.78 is 0. The summed E-state index contributed by atoms with van der Waals surface area (Å²) in [5, 5.41) is 65.8. The number of primary amides is 1. The molecule has 0 aromatic heterocycles. The zero-order chi connectivity index (χ0) is 50.1. The highest BCUT2D eigenvalue weighted by molar-refractivity contribution is 5.98. The van der Waals surface area contributed by atoms with Crippen molar-refractivity contribution >= 4 is 59.2 Å². The van der Waals surface area contributed by atoms with Gasteiger partial charge in [-0.05, 0) is 75.6 Å². The number of carboxylic acid groups (broad SMARTS) is 1. The number of aliphatic hydroxyl groups is 2. The lowest BCUT2D eigenvalue weighted by Crippen LogP contribution is -2.61. The molecule has 0 aliphatic rings. The molecular weight excluding hydrogens is 869 g/mol. The number of hydrogen-bond donors (Lipinski definition) is 16. The zero-order valence-electron chi connectivity index (χ0n) is 37.7. The highest BCUT2D eigenvalue weighted by atomic mass is 16.4. The molecule has 25 heteroatoms. The number of nitrogens with one attached hydrogen (secondary N) is 9. The first-order valence-electron chi connectivity index (χ1n) is 21.4. The lowest BCUT2D eigenvalue weighted by atomic mass is 10.0. The minimum atomic E-state index is -1.89. The lowest BCUT2D eigenvalue weighted by Gasteiger charge is -2.28. The third-order valence-corrected chi connectivity index (χ3v) is 9.81. The van der Waals surface area contributed by atoms with E-state index < -0.39 is 121 Å². The number of rotatable bonds is 31. The van der Waals surface area contributed by atoms with Crippen molar-refractivity contribution in [1.29, 1.82) is 5.41 Å². The van der Waals surface area contributed by atoms with Crippen LogP contribution in [0.4, 0.5) is 0 Å². The van der Waals surface area contributed by atoms with E-state index in [2.05, 4.69) is 42.5 Å². The number of amides is 8. The van der Waals surface area contributed by atoms with Gasteiger partial charge in [-0.2, -0.15) is 0 Å². The van der Waals surface area contributed by atoms with E-state index in [9.17, 15) is 58.5 Å². The number of carbonyl (C=O) groups is 9. The molecule has 0 saturated carbocycles. The Morgan fingerprint density at radius 3 is 1.68 bits per heavy atom. The van der Waals surface area contributed by atoms with Crippen molar-refractivity contribution in [2.24, 2.45) is 29.0 Å². The van der Waals surface area contributed by atoms with Crippen molar-refractivity contribution in [3.05, 3.63) is 29.8 Å². The minimum Gasteiger partial charge on any atom is -0.508 e. The Bertz CT molecular complexity index is 1820. The SMILES string of the molecule is CC(C)C[C@H](NC(=O)[C@H](CCCNC(=N)N)NC(=O)[C@H](Cc1ccc(O)cc1)NC(=O)[C@H](CCCCN)NC(=O)[C@H](CC(=O)O)NC(=O)[C@@H](NC(=O)CNC(=O)[C@@H](C)CO)[C@@H](C)O)C(N)=O. The second kappa shape index (κ2) is 29.8. The van der Waals surface area contributed by atoms with Crippen LogP contribution in [0.25, 0.3) is 0 Å². The van der Waals surface area contributed by atoms with E-state index in [1.807, 2.05) is 13.8 Å². The van der Waals surface area contributed by atoms with Gasteiger partial charge >= 0.3 is 5.97 Å². The molecule has 0 aliphatic heterocycles. The van der Waals surface area contributed by atoms with Crippen molar-refractivity contribution in [1.82, 2.24) is 42.5 Å². The number of aliphatic hydroxyl groups excluding tert-OH is 2. The van der Waals surface area contributed by atoms with Gasteiger partial charge in [0.2, 0.25) is 47.3 Å². The van der Waals surface area contributed by atoms with Crippen LogP contribution in [0.5, 0.6) is 5.75 Å². The number of phenols is 1. The molecular formula is C41H68N12O13. The molecule has 25 nitrogen and oxygen atoms in total. The van der Waals surface area contributed by atoms with Gasteiger partial charge in [0.05, 0.1) is 31.6 Å². The molecule has 8 amide bonds. The second-order valence-electron chi connectivity index (χ2n) is 16.2. The van der Waals surface area contributed by atoms with E-state index in [0.717, 1.165) is 6.92 Å². The van der Waals surface area contributed by atoms with Crippen molar-refractivity contribution in [2.75, 3.05) is 26.2 Å². The molecule has 0 fully saturated rings. The molecule has 0 aliphatic carbocycles. The molecule has 1 aromatic rings. The summed E-state index contributed by atoms with van der Waals surface area (Å²) >= 11 is 0. The number of aliphatic carboxylic acids is 1. The number of benzene rings is 1. The predicted octanol–water partition coefficient (Wildman–Crippen LogP) is -4.63. The van der Waals surface area contributed by atoms with Gasteiger partial charge in [-0.1, -0.05) is 32.9 Å². The Hall–Kier alpha value is -6.60. The third kappa shape index (κ3) is 22.3. The van der Waals surface area contributed by atoms with Crippen LogP contribution in [0.2, 0.25) is 0 Å². The van der Waals surface area contributed by atoms with Crippen LogP contribution in [0, 0.1) is 17.2 Å². The molecule has 0 heterocycles. The summed E-state index contributed by atoms with van der Waals surface area (Å²) in [7, 11) is 0. The Morgan fingerprint density at radius 2 is 1.18 bits per heavy atom. The molecule has 8 atom stereocenters. The normalized spacial score (nSPS) is 14.6. The summed E-state index contributed by atoms with van der Waals surface area (Å²) in [6.45, 7) is 5.27. The van der Waals surface area contributed by atoms with Gasteiger partial charge in [-0.15, -0.1) is 0 Å². The van der Waals surface area contributed by atoms with Crippen LogP contribution < -0.4 is 59.7 Å². The number of aromatic hydroxyl groups is 1. The van der Waals surface area contributed by atoms with Crippen LogP contribution in [0.1, 0.15) is 78.2 Å². The second-order valence-corrected chi connectivity index (χ2v) is 16.2.